The van der Waals surface area contributed by atoms with Crippen molar-refractivity contribution in [1.29, 1.82) is 0 Å². The van der Waals surface area contributed by atoms with Crippen LogP contribution < -0.4 is 0 Å². The van der Waals surface area contributed by atoms with Crippen LogP contribution in [0.15, 0.2) is 0 Å². The van der Waals surface area contributed by atoms with Crippen LogP contribution in [-0.4, -0.2) is 22.4 Å². The van der Waals surface area contributed by atoms with Crippen molar-refractivity contribution in [3.8, 4) is 0 Å². The van der Waals surface area contributed by atoms with Crippen LogP contribution in [0.1, 0.15) is 112 Å². The molecule has 0 heterocycles. The molecule has 4 fully saturated rings. The van der Waals surface area contributed by atoms with E-state index in [2.05, 4.69) is 41.5 Å². The molecule has 0 radical (unpaired) electrons. The van der Waals surface area contributed by atoms with Gasteiger partial charge in [-0.05, 0) is 116 Å². The van der Waals surface area contributed by atoms with Gasteiger partial charge in [0.25, 0.3) is 0 Å². The SMILES string of the molecule is CC[C@H](CC[C@@H](C)[C@H]1CC[C@H]2[C@@H]3C[C@@H](O)[C@H]4C[C@H](O)CC[C@]4(C)[C@H]3CC[C@]12C)C(C)C. The molecule has 0 aromatic heterocycles. The minimum absolute atomic E-state index is 0.187. The lowest BCUT2D eigenvalue weighted by molar-refractivity contribution is -0.172. The summed E-state index contributed by atoms with van der Waals surface area (Å²) in [6.45, 7) is 14.9. The van der Waals surface area contributed by atoms with Gasteiger partial charge in [-0.1, -0.05) is 54.4 Å². The highest BCUT2D eigenvalue weighted by Crippen LogP contribution is 2.68. The molecule has 4 saturated carbocycles. The molecule has 31 heavy (non-hydrogen) atoms. The van der Waals surface area contributed by atoms with Gasteiger partial charge >= 0.3 is 0 Å². The predicted octanol–water partition coefficient (Wildman–Crippen LogP) is 7.08. The van der Waals surface area contributed by atoms with Gasteiger partial charge in [-0.2, -0.15) is 0 Å². The summed E-state index contributed by atoms with van der Waals surface area (Å²) in [5, 5.41) is 21.5. The zero-order valence-corrected chi connectivity index (χ0v) is 21.4. The van der Waals surface area contributed by atoms with Crippen molar-refractivity contribution in [3.63, 3.8) is 0 Å². The van der Waals surface area contributed by atoms with Crippen LogP contribution >= 0.6 is 0 Å². The molecule has 4 rings (SSSR count). The number of hydrogen-bond donors (Lipinski definition) is 2. The number of fused-ring (bicyclic) bond motifs is 5. The van der Waals surface area contributed by atoms with Gasteiger partial charge < -0.3 is 10.2 Å². The van der Waals surface area contributed by atoms with Crippen molar-refractivity contribution in [3.05, 3.63) is 0 Å². The molecule has 0 saturated heterocycles. The lowest BCUT2D eigenvalue weighted by Gasteiger charge is -2.62. The molecular weight excluding hydrogens is 380 g/mol. The topological polar surface area (TPSA) is 40.5 Å². The summed E-state index contributed by atoms with van der Waals surface area (Å²) in [5.41, 5.74) is 0.732. The van der Waals surface area contributed by atoms with Crippen LogP contribution in [0.2, 0.25) is 0 Å². The molecule has 4 aliphatic carbocycles. The van der Waals surface area contributed by atoms with Crippen molar-refractivity contribution >= 4 is 0 Å². The van der Waals surface area contributed by atoms with E-state index in [0.29, 0.717) is 17.3 Å². The zero-order chi connectivity index (χ0) is 22.6. The van der Waals surface area contributed by atoms with E-state index in [1.54, 1.807) is 0 Å². The van der Waals surface area contributed by atoms with Gasteiger partial charge in [0.1, 0.15) is 0 Å². The van der Waals surface area contributed by atoms with E-state index in [-0.39, 0.29) is 17.6 Å². The summed E-state index contributed by atoms with van der Waals surface area (Å²) in [5.74, 6) is 6.01. The fourth-order valence-electron chi connectivity index (χ4n) is 9.94. The Kier molecular flexibility index (Phi) is 6.93. The quantitative estimate of drug-likeness (QED) is 0.471. The second-order valence-electron chi connectivity index (χ2n) is 13.4. The summed E-state index contributed by atoms with van der Waals surface area (Å²) >= 11 is 0. The molecular formula is C29H52O2. The fraction of sp³-hybridized carbons (Fsp3) is 1.00. The highest BCUT2D eigenvalue weighted by Gasteiger charge is 2.62. The first-order valence-electron chi connectivity index (χ1n) is 14.0. The highest BCUT2D eigenvalue weighted by molar-refractivity contribution is 5.11. The van der Waals surface area contributed by atoms with Gasteiger partial charge in [-0.15, -0.1) is 0 Å². The third-order valence-corrected chi connectivity index (χ3v) is 11.9. The van der Waals surface area contributed by atoms with E-state index < -0.39 is 0 Å². The average Bonchev–Trinajstić information content (AvgIpc) is 3.07. The largest absolute Gasteiger partial charge is 0.393 e. The van der Waals surface area contributed by atoms with Gasteiger partial charge in [0.15, 0.2) is 0 Å². The van der Waals surface area contributed by atoms with Crippen molar-refractivity contribution in [2.75, 3.05) is 0 Å². The summed E-state index contributed by atoms with van der Waals surface area (Å²) in [6, 6.07) is 0. The Morgan fingerprint density at radius 2 is 1.48 bits per heavy atom. The molecule has 0 bridgehead atoms. The van der Waals surface area contributed by atoms with E-state index in [9.17, 15) is 10.2 Å². The third-order valence-electron chi connectivity index (χ3n) is 11.9. The molecule has 0 amide bonds. The number of rotatable bonds is 6. The van der Waals surface area contributed by atoms with Gasteiger partial charge in [0.05, 0.1) is 12.2 Å². The summed E-state index contributed by atoms with van der Waals surface area (Å²) in [7, 11) is 0. The van der Waals surface area contributed by atoms with Crippen LogP contribution in [-0.2, 0) is 0 Å². The zero-order valence-electron chi connectivity index (χ0n) is 21.4. The van der Waals surface area contributed by atoms with Gasteiger partial charge in [0.2, 0.25) is 0 Å². The molecule has 0 aliphatic heterocycles. The Morgan fingerprint density at radius 3 is 2.16 bits per heavy atom. The first kappa shape index (κ1) is 24.1. The van der Waals surface area contributed by atoms with Crippen molar-refractivity contribution in [2.24, 2.45) is 58.2 Å². The Balaban J connectivity index is 1.48. The average molecular weight is 433 g/mol. The minimum Gasteiger partial charge on any atom is -0.393 e. The molecule has 11 atom stereocenters. The monoisotopic (exact) mass is 432 g/mol. The van der Waals surface area contributed by atoms with Crippen LogP contribution in [0, 0.1) is 58.2 Å². The summed E-state index contributed by atoms with van der Waals surface area (Å²) < 4.78 is 0. The van der Waals surface area contributed by atoms with E-state index in [1.807, 2.05) is 0 Å². The maximum Gasteiger partial charge on any atom is 0.0577 e. The Labute approximate surface area is 193 Å². The van der Waals surface area contributed by atoms with Crippen LogP contribution in [0.5, 0.6) is 0 Å². The van der Waals surface area contributed by atoms with Gasteiger partial charge in [-0.25, -0.2) is 0 Å². The molecule has 180 valence electrons. The maximum atomic E-state index is 11.2. The standard InChI is InChI=1S/C29H52O2/c1-7-20(18(2)3)9-8-19(4)23-10-11-24-22-17-27(31)26-16-21(30)12-14-29(26,6)25(22)13-15-28(23,24)5/h18-27,30-31H,7-17H2,1-6H3/t19-,20-,21-,22+,23-,24+,25+,26-,27-,28-,29-/m1/s1. The van der Waals surface area contributed by atoms with E-state index in [1.165, 1.54) is 44.9 Å². The molecule has 0 unspecified atom stereocenters. The normalized spacial score (nSPS) is 49.3. The van der Waals surface area contributed by atoms with Crippen molar-refractivity contribution in [2.45, 2.75) is 124 Å². The number of aliphatic hydroxyl groups excluding tert-OH is 2. The Bertz CT molecular complexity index is 616. The maximum absolute atomic E-state index is 11.2. The molecule has 2 nitrogen and oxygen atoms in total. The molecule has 0 spiro atoms. The first-order chi connectivity index (χ1) is 14.6. The van der Waals surface area contributed by atoms with Crippen LogP contribution in [0.25, 0.3) is 0 Å². The molecule has 0 aromatic carbocycles. The fourth-order valence-corrected chi connectivity index (χ4v) is 9.94. The lowest BCUT2D eigenvalue weighted by atomic mass is 9.43. The van der Waals surface area contributed by atoms with Crippen molar-refractivity contribution in [1.82, 2.24) is 0 Å². The highest BCUT2D eigenvalue weighted by atomic mass is 16.3. The molecule has 4 aliphatic rings. The molecule has 2 heteroatoms. The van der Waals surface area contributed by atoms with Gasteiger partial charge in [-0.3, -0.25) is 0 Å². The van der Waals surface area contributed by atoms with Crippen LogP contribution in [0.3, 0.4) is 0 Å². The molecule has 0 aromatic rings. The van der Waals surface area contributed by atoms with E-state index in [0.717, 1.165) is 61.2 Å². The second-order valence-corrected chi connectivity index (χ2v) is 13.4. The first-order valence-corrected chi connectivity index (χ1v) is 14.0. The van der Waals surface area contributed by atoms with Crippen LogP contribution in [0.4, 0.5) is 0 Å². The van der Waals surface area contributed by atoms with Gasteiger partial charge in [0, 0.05) is 0 Å². The van der Waals surface area contributed by atoms with E-state index in [4.69, 9.17) is 0 Å². The Hall–Kier alpha value is -0.0800. The number of aliphatic hydroxyl groups is 2. The van der Waals surface area contributed by atoms with Crippen molar-refractivity contribution < 1.29 is 10.2 Å². The smallest absolute Gasteiger partial charge is 0.0577 e. The lowest BCUT2D eigenvalue weighted by Crippen LogP contribution is -2.58. The van der Waals surface area contributed by atoms with E-state index >= 15 is 0 Å². The second kappa shape index (κ2) is 8.94. The molecule has 2 N–H and O–H groups in total. The predicted molar refractivity (Wildman–Crippen MR) is 130 cm³/mol. The summed E-state index contributed by atoms with van der Waals surface area (Å²) in [4.78, 5) is 0. The Morgan fingerprint density at radius 1 is 0.806 bits per heavy atom. The third kappa shape index (κ3) is 4.05. The minimum atomic E-state index is -0.198. The number of hydrogen-bond acceptors (Lipinski definition) is 2. The summed E-state index contributed by atoms with van der Waals surface area (Å²) in [6.07, 6.45) is 13.2.